The second kappa shape index (κ2) is 38.8. The Hall–Kier alpha value is -8.17. The van der Waals surface area contributed by atoms with Crippen LogP contribution in [0.5, 0.6) is 0 Å². The minimum absolute atomic E-state index is 0.0326. The number of esters is 7. The van der Waals surface area contributed by atoms with Gasteiger partial charge in [0, 0.05) is 132 Å². The van der Waals surface area contributed by atoms with Crippen LogP contribution in [0.3, 0.4) is 0 Å². The summed E-state index contributed by atoms with van der Waals surface area (Å²) < 4.78 is 56.6. The van der Waals surface area contributed by atoms with Crippen LogP contribution in [0.1, 0.15) is 124 Å². The molecule has 2 saturated carbocycles. The molecule has 1 amide bonds. The lowest BCUT2D eigenvalue weighted by molar-refractivity contribution is -0.399. The molecule has 3 N–H and O–H groups in total. The van der Waals surface area contributed by atoms with E-state index in [0.717, 1.165) is 43.5 Å². The number of nitrogens with one attached hydrogen (secondary N) is 1. The van der Waals surface area contributed by atoms with Crippen LogP contribution in [0.25, 0.3) is 0 Å². The molecule has 5 aromatic carbocycles. The molecule has 24 nitrogen and oxygen atoms in total. The van der Waals surface area contributed by atoms with Crippen molar-refractivity contribution in [3.8, 4) is 0 Å². The number of carbonyl (C=O) groups is 9. The number of methoxy groups -OCH3 is 1. The summed E-state index contributed by atoms with van der Waals surface area (Å²) in [7, 11) is 1.14. The zero-order valence-electron chi connectivity index (χ0n) is 63.0. The maximum absolute atomic E-state index is 17.1. The summed E-state index contributed by atoms with van der Waals surface area (Å²) >= 11 is 24.2. The zero-order valence-corrected chi connectivity index (χ0v) is 66.0. The van der Waals surface area contributed by atoms with Crippen molar-refractivity contribution < 1.29 is 96.0 Å². The Bertz CT molecular complexity index is 3940. The van der Waals surface area contributed by atoms with Gasteiger partial charge in [0.2, 0.25) is 5.79 Å². The molecule has 5 aromatic rings. The molecule has 0 radical (unpaired) electrons. The van der Waals surface area contributed by atoms with Crippen LogP contribution < -0.4 is 15.1 Å². The molecule has 9 rings (SSSR count). The monoisotopic (exact) mass is 1600 g/mol. The number of nitrogens with zero attached hydrogens (tertiary/aromatic N) is 3. The van der Waals surface area contributed by atoms with Crippen molar-refractivity contribution in [2.24, 2.45) is 16.7 Å². The maximum Gasteiger partial charge on any atom is 0.338 e. The fourth-order valence-corrected chi connectivity index (χ4v) is 16.6. The second-order valence-electron chi connectivity index (χ2n) is 28.6. The number of ether oxygens (including phenoxy) is 9. The van der Waals surface area contributed by atoms with Gasteiger partial charge in [0.1, 0.15) is 42.5 Å². The highest BCUT2D eigenvalue weighted by atomic mass is 35.5. The van der Waals surface area contributed by atoms with Crippen molar-refractivity contribution in [1.82, 2.24) is 10.2 Å². The van der Waals surface area contributed by atoms with E-state index in [9.17, 15) is 39.0 Å². The molecular weight excluding hydrogens is 1500 g/mol. The molecule has 1 saturated heterocycles. The summed E-state index contributed by atoms with van der Waals surface area (Å²) in [5.74, 6) is -11.1. The minimum Gasteiger partial charge on any atom is -0.464 e. The molecule has 2 unspecified atom stereocenters. The number of amides is 1. The molecule has 3 aliphatic carbocycles. The van der Waals surface area contributed by atoms with Gasteiger partial charge in [-0.3, -0.25) is 38.5 Å². The van der Waals surface area contributed by atoms with E-state index in [4.69, 9.17) is 89.0 Å². The number of Topliss-reactive ketones (excluding diaryl/α,β-unsaturated/α-hetero) is 1. The number of rotatable bonds is 38. The number of benzene rings is 5. The summed E-state index contributed by atoms with van der Waals surface area (Å²) in [6, 6.07) is 38.2. The average Bonchev–Trinajstić information content (AvgIpc) is 0.657. The number of fused-ring (bicyclic) bond motifs is 5. The zero-order chi connectivity index (χ0) is 79.6. The van der Waals surface area contributed by atoms with Crippen molar-refractivity contribution in [3.63, 3.8) is 0 Å². The molecule has 1 heterocycles. The van der Waals surface area contributed by atoms with Crippen LogP contribution in [-0.4, -0.2) is 212 Å². The smallest absolute Gasteiger partial charge is 0.338 e. The molecule has 4 aliphatic rings. The van der Waals surface area contributed by atoms with E-state index in [1.807, 2.05) is 48.5 Å². The summed E-state index contributed by atoms with van der Waals surface area (Å²) in [6.07, 6.45) is -8.75. The van der Waals surface area contributed by atoms with Gasteiger partial charge in [-0.2, -0.15) is 0 Å². The number of anilines is 2. The summed E-state index contributed by atoms with van der Waals surface area (Å²) in [5.41, 5.74) is -5.05. The Morgan fingerprint density at radius 1 is 0.618 bits per heavy atom. The van der Waals surface area contributed by atoms with E-state index in [-0.39, 0.29) is 61.4 Å². The number of carbonyl (C=O) groups excluding carboxylic acids is 9. The molecule has 1 aliphatic heterocycles. The predicted octanol–water partition coefficient (Wildman–Crippen LogP) is 10.3. The third kappa shape index (κ3) is 19.6. The standard InChI is InChI=1S/C82H98Cl4N4O20/c1-53-63(107-77(100)70(96)69(58-21-11-8-12-22-58)87-75(98)59-23-13-9-14-24-59)49-81(101)74(108-76(99)60-25-15-10-16-26-60)72-79(6,73(97)71(106-54(2)91)68(53)78(81,4)5)82(102-7,50-64-80(72,52-105-64)109-55(3)92)110-67(95)51-88(45-47-103-65(93)27-17-19-56-29-33-61(34-30-56)89(41-37-83)42-38-84)46-48-104-66(94)28-18-20-57-31-35-62(36-32-57)90(43-39-85)44-40-86/h8-16,21-26,29-36,63-64,69-72,74,96,101H,17-20,27-28,37-52H2,1-7H3,(H,87,98)/t63-,64+,69-,70+,71+,72?,74?,79+,80-,81+,82-/m0/s1. The van der Waals surface area contributed by atoms with Crippen molar-refractivity contribution in [2.75, 3.05) is 106 Å². The van der Waals surface area contributed by atoms with Gasteiger partial charge in [0.15, 0.2) is 23.6 Å². The molecule has 3 fully saturated rings. The van der Waals surface area contributed by atoms with Crippen LogP contribution in [0.15, 0.2) is 151 Å². The first-order valence-corrected chi connectivity index (χ1v) is 39.0. The molecule has 2 bridgehead atoms. The SMILES string of the molecule is CO[C@]1(OC(=O)CN(CCOC(=O)CCCc2ccc(N(CCCl)CCCl)cc2)CCOC(=O)CCCc2ccc(N(CCCl)CCCl)cc2)C[C@H]2OC[C@@]2(OC(C)=O)C2C(OC(=O)c3ccccc3)[C@]3(O)C[C@H](OC(=O)[C@H](O)[C@@H](NC(=O)c4ccccc4)c4ccccc4)C(C)=C([C@@H](OC(C)=O)C(=O)[C@@]21C)C3(C)C. The quantitative estimate of drug-likeness (QED) is 0.0109. The molecule has 28 heteroatoms. The Morgan fingerprint density at radius 3 is 1.58 bits per heavy atom. The number of hydrogen-bond acceptors (Lipinski definition) is 23. The van der Waals surface area contributed by atoms with Gasteiger partial charge in [-0.15, -0.1) is 46.4 Å². The number of aliphatic hydroxyl groups excluding tert-OH is 1. The van der Waals surface area contributed by atoms with E-state index >= 15 is 14.4 Å². The van der Waals surface area contributed by atoms with Gasteiger partial charge in [0.05, 0.1) is 30.7 Å². The molecule has 0 aromatic heterocycles. The summed E-state index contributed by atoms with van der Waals surface area (Å²) in [6.45, 7) is 8.43. The second-order valence-corrected chi connectivity index (χ2v) is 30.2. The van der Waals surface area contributed by atoms with Crippen molar-refractivity contribution in [2.45, 2.75) is 146 Å². The lowest BCUT2D eigenvalue weighted by atomic mass is 9.43. The first-order valence-electron chi connectivity index (χ1n) is 36.9. The lowest BCUT2D eigenvalue weighted by Crippen LogP contribution is -2.85. The minimum atomic E-state index is -2.67. The van der Waals surface area contributed by atoms with E-state index in [1.54, 1.807) is 78.9 Å². The summed E-state index contributed by atoms with van der Waals surface area (Å²) in [4.78, 5) is 137. The van der Waals surface area contributed by atoms with Crippen LogP contribution in [0.4, 0.5) is 11.4 Å². The number of halogens is 4. The first-order chi connectivity index (χ1) is 52.6. The Balaban J connectivity index is 1.05. The third-order valence-electron chi connectivity index (χ3n) is 21.6. The first kappa shape index (κ1) is 85.8. The lowest BCUT2D eigenvalue weighted by Gasteiger charge is -2.69. The Labute approximate surface area is 661 Å². The number of alkyl halides is 4. The van der Waals surface area contributed by atoms with Gasteiger partial charge >= 0.3 is 41.8 Å². The van der Waals surface area contributed by atoms with E-state index in [2.05, 4.69) is 15.1 Å². The third-order valence-corrected chi connectivity index (χ3v) is 22.2. The number of aliphatic hydroxyl groups is 2. The van der Waals surface area contributed by atoms with E-state index in [1.165, 1.54) is 44.7 Å². The van der Waals surface area contributed by atoms with Crippen LogP contribution in [0, 0.1) is 16.7 Å². The number of ketones is 1. The van der Waals surface area contributed by atoms with Gasteiger partial charge in [-0.1, -0.05) is 105 Å². The average molecular weight is 1600 g/mol. The van der Waals surface area contributed by atoms with Crippen LogP contribution in [-0.2, 0) is 89.0 Å². The largest absolute Gasteiger partial charge is 0.464 e. The number of hydrogen-bond donors (Lipinski definition) is 3. The fourth-order valence-electron chi connectivity index (χ4n) is 15.8. The molecule has 594 valence electrons. The normalized spacial score (nSPS) is 23.6. The van der Waals surface area contributed by atoms with Gasteiger partial charge < -0.3 is 68.0 Å². The summed E-state index contributed by atoms with van der Waals surface area (Å²) in [5, 5.41) is 29.5. The molecular formula is C82H98Cl4N4O20. The van der Waals surface area contributed by atoms with Crippen molar-refractivity contribution in [1.29, 1.82) is 0 Å². The fraction of sp³-hybridized carbons (Fsp3) is 0.500. The highest BCUT2D eigenvalue weighted by molar-refractivity contribution is 6.19. The van der Waals surface area contributed by atoms with E-state index in [0.29, 0.717) is 80.9 Å². The van der Waals surface area contributed by atoms with Crippen LogP contribution >= 0.6 is 46.4 Å². The van der Waals surface area contributed by atoms with Gasteiger partial charge in [-0.05, 0) is 116 Å². The Morgan fingerprint density at radius 2 is 1.12 bits per heavy atom. The van der Waals surface area contributed by atoms with Gasteiger partial charge in [0.25, 0.3) is 5.91 Å². The topological polar surface area (TPSA) is 299 Å². The Kier molecular flexibility index (Phi) is 30.3. The van der Waals surface area contributed by atoms with Gasteiger partial charge in [-0.25, -0.2) is 9.59 Å². The number of aryl methyl sites for hydroxylation is 2. The van der Waals surface area contributed by atoms with Crippen LogP contribution in [0.2, 0.25) is 0 Å². The molecule has 11 atom stereocenters. The highest BCUT2D eigenvalue weighted by Gasteiger charge is 2.83. The maximum atomic E-state index is 17.1. The van der Waals surface area contributed by atoms with E-state index < -0.39 is 150 Å². The van der Waals surface area contributed by atoms with Crippen molar-refractivity contribution >= 4 is 111 Å². The highest BCUT2D eigenvalue weighted by Crippen LogP contribution is 2.68. The van der Waals surface area contributed by atoms with Crippen molar-refractivity contribution in [3.05, 3.63) is 178 Å². The molecule has 110 heavy (non-hydrogen) atoms. The predicted molar refractivity (Wildman–Crippen MR) is 412 cm³/mol. The molecule has 0 spiro atoms.